The molecule has 0 bridgehead atoms. The smallest absolute Gasteiger partial charge is 0.227 e. The SMILES string of the molecule is COc1ccc2c(c1)CN(c1nnc(Cc3cc(C)cc(C)c3)n1C)C2. The van der Waals surface area contributed by atoms with Crippen LogP contribution in [0.15, 0.2) is 36.4 Å². The minimum absolute atomic E-state index is 0.792. The van der Waals surface area contributed by atoms with Gasteiger partial charge in [-0.1, -0.05) is 35.4 Å². The molecule has 134 valence electrons. The van der Waals surface area contributed by atoms with E-state index in [4.69, 9.17) is 4.74 Å². The summed E-state index contributed by atoms with van der Waals surface area (Å²) in [5.41, 5.74) is 6.46. The van der Waals surface area contributed by atoms with Crippen molar-refractivity contribution in [2.45, 2.75) is 33.4 Å². The summed E-state index contributed by atoms with van der Waals surface area (Å²) in [6.45, 7) is 5.96. The van der Waals surface area contributed by atoms with E-state index >= 15 is 0 Å². The van der Waals surface area contributed by atoms with Gasteiger partial charge in [0.2, 0.25) is 5.95 Å². The summed E-state index contributed by atoms with van der Waals surface area (Å²) in [6.07, 6.45) is 0.792. The van der Waals surface area contributed by atoms with Gasteiger partial charge in [0, 0.05) is 26.6 Å². The number of rotatable bonds is 4. The van der Waals surface area contributed by atoms with Gasteiger partial charge in [0.1, 0.15) is 11.6 Å². The summed E-state index contributed by atoms with van der Waals surface area (Å²) in [7, 11) is 3.76. The Morgan fingerprint density at radius 2 is 1.69 bits per heavy atom. The molecule has 0 unspecified atom stereocenters. The fourth-order valence-corrected chi connectivity index (χ4v) is 3.77. The molecule has 5 nitrogen and oxygen atoms in total. The molecule has 0 fully saturated rings. The fourth-order valence-electron chi connectivity index (χ4n) is 3.77. The number of hydrogen-bond acceptors (Lipinski definition) is 4. The summed E-state index contributed by atoms with van der Waals surface area (Å²) in [6, 6.07) is 12.9. The number of aryl methyl sites for hydroxylation is 2. The maximum Gasteiger partial charge on any atom is 0.227 e. The maximum absolute atomic E-state index is 5.34. The molecule has 0 N–H and O–H groups in total. The zero-order valence-corrected chi connectivity index (χ0v) is 15.8. The highest BCUT2D eigenvalue weighted by atomic mass is 16.5. The first-order valence-electron chi connectivity index (χ1n) is 8.89. The van der Waals surface area contributed by atoms with E-state index in [1.54, 1.807) is 7.11 Å². The standard InChI is InChI=1S/C21H24N4O/c1-14-7-15(2)9-16(8-14)10-20-22-23-21(24(20)3)25-12-17-5-6-19(26-4)11-18(17)13-25/h5-9,11H,10,12-13H2,1-4H3. The van der Waals surface area contributed by atoms with Crippen LogP contribution in [-0.2, 0) is 26.6 Å². The van der Waals surface area contributed by atoms with Crippen LogP contribution in [0.5, 0.6) is 5.75 Å². The molecule has 0 atom stereocenters. The lowest BCUT2D eigenvalue weighted by Crippen LogP contribution is -2.19. The summed E-state index contributed by atoms with van der Waals surface area (Å²) in [5, 5.41) is 8.93. The highest BCUT2D eigenvalue weighted by molar-refractivity contribution is 5.47. The Balaban J connectivity index is 1.56. The van der Waals surface area contributed by atoms with E-state index in [9.17, 15) is 0 Å². The van der Waals surface area contributed by atoms with Crippen molar-refractivity contribution < 1.29 is 4.74 Å². The summed E-state index contributed by atoms with van der Waals surface area (Å²) < 4.78 is 7.45. The van der Waals surface area contributed by atoms with Crippen LogP contribution in [-0.4, -0.2) is 21.9 Å². The van der Waals surface area contributed by atoms with Gasteiger partial charge in [-0.3, -0.25) is 0 Å². The maximum atomic E-state index is 5.34. The van der Waals surface area contributed by atoms with Crippen LogP contribution in [0.3, 0.4) is 0 Å². The monoisotopic (exact) mass is 348 g/mol. The third kappa shape index (κ3) is 3.05. The first kappa shape index (κ1) is 16.6. The molecule has 1 aliphatic heterocycles. The van der Waals surface area contributed by atoms with Gasteiger partial charge >= 0.3 is 0 Å². The molecular formula is C21H24N4O. The molecule has 0 radical (unpaired) electrons. The van der Waals surface area contributed by atoms with Crippen molar-refractivity contribution in [3.63, 3.8) is 0 Å². The molecule has 3 aromatic rings. The third-order valence-corrected chi connectivity index (χ3v) is 5.00. The van der Waals surface area contributed by atoms with E-state index in [1.807, 2.05) is 6.07 Å². The molecule has 0 spiro atoms. The summed E-state index contributed by atoms with van der Waals surface area (Å²) >= 11 is 0. The highest BCUT2D eigenvalue weighted by Gasteiger charge is 2.24. The number of benzene rings is 2. The number of fused-ring (bicyclic) bond motifs is 1. The van der Waals surface area contributed by atoms with E-state index in [1.165, 1.54) is 27.8 Å². The van der Waals surface area contributed by atoms with Gasteiger partial charge in [0.25, 0.3) is 0 Å². The Morgan fingerprint density at radius 1 is 0.962 bits per heavy atom. The van der Waals surface area contributed by atoms with E-state index in [-0.39, 0.29) is 0 Å². The molecule has 2 aromatic carbocycles. The molecule has 5 heteroatoms. The normalized spacial score (nSPS) is 13.2. The Morgan fingerprint density at radius 3 is 2.42 bits per heavy atom. The molecule has 2 heterocycles. The molecular weight excluding hydrogens is 324 g/mol. The predicted octanol–water partition coefficient (Wildman–Crippen LogP) is 3.55. The van der Waals surface area contributed by atoms with Crippen LogP contribution < -0.4 is 9.64 Å². The lowest BCUT2D eigenvalue weighted by molar-refractivity contribution is 0.414. The lowest BCUT2D eigenvalue weighted by Gasteiger charge is -2.16. The zero-order valence-electron chi connectivity index (χ0n) is 15.8. The zero-order chi connectivity index (χ0) is 18.3. The molecule has 0 saturated heterocycles. The van der Waals surface area contributed by atoms with Gasteiger partial charge in [0.05, 0.1) is 7.11 Å². The van der Waals surface area contributed by atoms with Crippen LogP contribution in [0.25, 0.3) is 0 Å². The molecule has 1 aromatic heterocycles. The largest absolute Gasteiger partial charge is 0.497 e. The number of anilines is 1. The van der Waals surface area contributed by atoms with E-state index in [0.717, 1.165) is 37.0 Å². The number of methoxy groups -OCH3 is 1. The number of aromatic nitrogens is 3. The van der Waals surface area contributed by atoms with Crippen molar-refractivity contribution in [2.75, 3.05) is 12.0 Å². The minimum Gasteiger partial charge on any atom is -0.497 e. The van der Waals surface area contributed by atoms with E-state index in [0.29, 0.717) is 0 Å². The molecule has 0 aliphatic carbocycles. The second-order valence-electron chi connectivity index (χ2n) is 7.14. The second-order valence-corrected chi connectivity index (χ2v) is 7.14. The van der Waals surface area contributed by atoms with Crippen LogP contribution in [0.1, 0.15) is 33.6 Å². The van der Waals surface area contributed by atoms with Gasteiger partial charge < -0.3 is 14.2 Å². The summed E-state index contributed by atoms with van der Waals surface area (Å²) in [5.74, 6) is 2.80. The highest BCUT2D eigenvalue weighted by Crippen LogP contribution is 2.30. The van der Waals surface area contributed by atoms with Gasteiger partial charge in [-0.15, -0.1) is 10.2 Å². The van der Waals surface area contributed by atoms with E-state index in [2.05, 4.69) is 70.9 Å². The van der Waals surface area contributed by atoms with Gasteiger partial charge in [-0.05, 0) is 42.7 Å². The van der Waals surface area contributed by atoms with Crippen molar-refractivity contribution in [2.24, 2.45) is 7.05 Å². The molecule has 1 aliphatic rings. The molecule has 0 amide bonds. The Labute approximate surface area is 154 Å². The van der Waals surface area contributed by atoms with Crippen molar-refractivity contribution in [1.29, 1.82) is 0 Å². The van der Waals surface area contributed by atoms with Crippen LogP contribution in [0.4, 0.5) is 5.95 Å². The third-order valence-electron chi connectivity index (χ3n) is 5.00. The number of nitrogens with zero attached hydrogens (tertiary/aromatic N) is 4. The van der Waals surface area contributed by atoms with Crippen LogP contribution in [0, 0.1) is 13.8 Å². The van der Waals surface area contributed by atoms with Gasteiger partial charge in [-0.25, -0.2) is 0 Å². The fraction of sp³-hybridized carbons (Fsp3) is 0.333. The average Bonchev–Trinajstić information content (AvgIpc) is 3.17. The molecule has 4 rings (SSSR count). The molecule has 26 heavy (non-hydrogen) atoms. The van der Waals surface area contributed by atoms with Crippen molar-refractivity contribution in [3.05, 3.63) is 70.0 Å². The van der Waals surface area contributed by atoms with Crippen molar-refractivity contribution in [1.82, 2.24) is 14.8 Å². The lowest BCUT2D eigenvalue weighted by atomic mass is 10.0. The van der Waals surface area contributed by atoms with Gasteiger partial charge in [0.15, 0.2) is 0 Å². The topological polar surface area (TPSA) is 43.2 Å². The van der Waals surface area contributed by atoms with Crippen LogP contribution >= 0.6 is 0 Å². The Hall–Kier alpha value is -2.82. The van der Waals surface area contributed by atoms with Crippen molar-refractivity contribution in [3.8, 4) is 5.75 Å². The molecule has 0 saturated carbocycles. The number of ether oxygens (including phenoxy) is 1. The Kier molecular flexibility index (Phi) is 4.15. The van der Waals surface area contributed by atoms with Crippen LogP contribution in [0.2, 0.25) is 0 Å². The van der Waals surface area contributed by atoms with Crippen molar-refractivity contribution >= 4 is 5.95 Å². The minimum atomic E-state index is 0.792. The first-order chi connectivity index (χ1) is 12.5. The van der Waals surface area contributed by atoms with E-state index < -0.39 is 0 Å². The first-order valence-corrected chi connectivity index (χ1v) is 8.89. The quantitative estimate of drug-likeness (QED) is 0.723. The second kappa shape index (κ2) is 6.48. The summed E-state index contributed by atoms with van der Waals surface area (Å²) in [4.78, 5) is 2.27. The average molecular weight is 348 g/mol. The Bertz CT molecular complexity index is 940. The van der Waals surface area contributed by atoms with Gasteiger partial charge in [-0.2, -0.15) is 0 Å². The number of hydrogen-bond donors (Lipinski definition) is 0. The predicted molar refractivity (Wildman–Crippen MR) is 103 cm³/mol.